The molecule has 4 heterocycles. The van der Waals surface area contributed by atoms with Gasteiger partial charge in [0.1, 0.15) is 31.6 Å². The fourth-order valence-electron chi connectivity index (χ4n) is 6.04. The van der Waals surface area contributed by atoms with Gasteiger partial charge in [0.2, 0.25) is 6.17 Å². The van der Waals surface area contributed by atoms with Crippen LogP contribution in [-0.4, -0.2) is 32.0 Å². The van der Waals surface area contributed by atoms with Crippen LogP contribution in [0.2, 0.25) is 0 Å². The van der Waals surface area contributed by atoms with Crippen molar-refractivity contribution in [1.82, 2.24) is 0 Å². The first kappa shape index (κ1) is 15.3. The normalized spacial score (nSPS) is 39.0. The second-order valence-electron chi connectivity index (χ2n) is 8.71. The van der Waals surface area contributed by atoms with E-state index in [0.717, 1.165) is 26.2 Å². The number of piperidine rings is 2. The smallest absolute Gasteiger partial charge is 0.240 e. The van der Waals surface area contributed by atoms with Crippen LogP contribution in [0.4, 0.5) is 0 Å². The van der Waals surface area contributed by atoms with Gasteiger partial charge in [-0.05, 0) is 31.5 Å². The van der Waals surface area contributed by atoms with Gasteiger partial charge in [0, 0.05) is 0 Å². The molecule has 4 aliphatic heterocycles. The lowest BCUT2D eigenvalue weighted by molar-refractivity contribution is -1.18. The van der Waals surface area contributed by atoms with Crippen LogP contribution in [0, 0.1) is 12.3 Å². The molecule has 6 rings (SSSR count). The van der Waals surface area contributed by atoms with Crippen LogP contribution in [0.15, 0.2) is 54.6 Å². The minimum atomic E-state index is -0.294. The zero-order valence-electron chi connectivity index (χ0n) is 15.0. The number of hydrogen-bond donors (Lipinski definition) is 2. The molecule has 0 aromatic heterocycles. The molecule has 4 bridgehead atoms. The summed E-state index contributed by atoms with van der Waals surface area (Å²) in [4.78, 5) is 16.7. The summed E-state index contributed by atoms with van der Waals surface area (Å²) in [5, 5.41) is 0. The summed E-state index contributed by atoms with van der Waals surface area (Å²) < 4.78 is 0. The van der Waals surface area contributed by atoms with Crippen molar-refractivity contribution < 1.29 is 14.6 Å². The Hall–Kier alpha value is -1.97. The molecule has 0 amide bonds. The Morgan fingerprint density at radius 1 is 0.920 bits per heavy atom. The lowest BCUT2D eigenvalue weighted by Crippen LogP contribution is -3.41. The summed E-state index contributed by atoms with van der Waals surface area (Å²) in [6.45, 7) is 8.20. The Kier molecular flexibility index (Phi) is 3.08. The maximum Gasteiger partial charge on any atom is 0.240 e. The highest BCUT2D eigenvalue weighted by molar-refractivity contribution is 5.96. The van der Waals surface area contributed by atoms with Crippen LogP contribution in [0.1, 0.15) is 29.8 Å². The van der Waals surface area contributed by atoms with Crippen LogP contribution in [0.3, 0.4) is 0 Å². The van der Waals surface area contributed by atoms with Crippen molar-refractivity contribution in [3.63, 3.8) is 0 Å². The number of hydrogen-bond acceptors (Lipinski definition) is 1. The van der Waals surface area contributed by atoms with Gasteiger partial charge < -0.3 is 0 Å². The lowest BCUT2D eigenvalue weighted by Gasteiger charge is -2.59. The summed E-state index contributed by atoms with van der Waals surface area (Å²) >= 11 is 0. The number of benzene rings is 2. The molecule has 4 fully saturated rings. The van der Waals surface area contributed by atoms with E-state index in [0.29, 0.717) is 11.9 Å². The zero-order valence-corrected chi connectivity index (χ0v) is 15.0. The summed E-state index contributed by atoms with van der Waals surface area (Å²) in [5.74, 6) is 0.487. The van der Waals surface area contributed by atoms with E-state index >= 15 is 0 Å². The van der Waals surface area contributed by atoms with E-state index < -0.39 is 0 Å². The molecule has 4 saturated heterocycles. The van der Waals surface area contributed by atoms with Crippen LogP contribution in [0.5, 0.6) is 0 Å². The van der Waals surface area contributed by atoms with Crippen molar-refractivity contribution in [2.45, 2.75) is 25.4 Å². The summed E-state index contributed by atoms with van der Waals surface area (Å²) in [7, 11) is 0. The standard InChI is InChI=1S/C22H24N2O/c1-16-7-6-8-17(11-16)19-23-12-21(2)13-24(19)15-22(14-23,20(21)25)18-9-4-3-5-10-18/h3-11,19H,12-15H2,1-2H3/p+2. The number of rotatable bonds is 2. The van der Waals surface area contributed by atoms with E-state index in [-0.39, 0.29) is 10.8 Å². The average molecular weight is 334 g/mol. The molecule has 2 aromatic rings. The van der Waals surface area contributed by atoms with Crippen LogP contribution < -0.4 is 9.80 Å². The fraction of sp³-hybridized carbons (Fsp3) is 0.409. The number of carbonyl (C=O) groups excluding carboxylic acids is 1. The van der Waals surface area contributed by atoms with Gasteiger partial charge in [-0.25, -0.2) is 0 Å². The lowest BCUT2D eigenvalue weighted by atomic mass is 9.58. The van der Waals surface area contributed by atoms with Gasteiger partial charge in [-0.3, -0.25) is 14.6 Å². The predicted molar refractivity (Wildman–Crippen MR) is 96.5 cm³/mol. The molecule has 0 radical (unpaired) electrons. The first-order valence-electron chi connectivity index (χ1n) is 9.38. The van der Waals surface area contributed by atoms with Gasteiger partial charge in [-0.15, -0.1) is 0 Å². The van der Waals surface area contributed by atoms with Gasteiger partial charge in [0.25, 0.3) is 0 Å². The minimum absolute atomic E-state index is 0.183. The van der Waals surface area contributed by atoms with Gasteiger partial charge in [-0.2, -0.15) is 0 Å². The van der Waals surface area contributed by atoms with Crippen molar-refractivity contribution in [2.75, 3.05) is 26.2 Å². The van der Waals surface area contributed by atoms with Gasteiger partial charge in [-0.1, -0.05) is 48.0 Å². The third-order valence-electron chi connectivity index (χ3n) is 6.79. The molecule has 4 aliphatic rings. The van der Waals surface area contributed by atoms with E-state index in [1.807, 2.05) is 6.07 Å². The van der Waals surface area contributed by atoms with Crippen LogP contribution in [0.25, 0.3) is 0 Å². The topological polar surface area (TPSA) is 26.0 Å². The molecule has 3 nitrogen and oxygen atoms in total. The quantitative estimate of drug-likeness (QED) is 0.813. The fourth-order valence-corrected chi connectivity index (χ4v) is 6.04. The Labute approximate surface area is 149 Å². The largest absolute Gasteiger partial charge is 0.297 e. The molecule has 0 saturated carbocycles. The first-order chi connectivity index (χ1) is 12.0. The average Bonchev–Trinajstić information content (AvgIpc) is 2.59. The molecule has 2 aromatic carbocycles. The Morgan fingerprint density at radius 2 is 1.60 bits per heavy atom. The maximum atomic E-state index is 13.5. The molecule has 128 valence electrons. The molecular formula is C22H26N2O+2. The summed E-state index contributed by atoms with van der Waals surface area (Å²) in [6, 6.07) is 19.5. The summed E-state index contributed by atoms with van der Waals surface area (Å²) in [5.41, 5.74) is 3.51. The molecular weight excluding hydrogens is 308 g/mol. The van der Waals surface area contributed by atoms with Gasteiger partial charge in [0.15, 0.2) is 11.2 Å². The molecule has 0 spiro atoms. The van der Waals surface area contributed by atoms with Crippen molar-refractivity contribution >= 4 is 5.78 Å². The van der Waals surface area contributed by atoms with E-state index in [1.54, 1.807) is 9.80 Å². The van der Waals surface area contributed by atoms with E-state index in [9.17, 15) is 4.79 Å². The highest BCUT2D eigenvalue weighted by Crippen LogP contribution is 2.38. The first-order valence-corrected chi connectivity index (χ1v) is 9.38. The molecule has 0 aliphatic carbocycles. The Balaban J connectivity index is 1.61. The monoisotopic (exact) mass is 334 g/mol. The second-order valence-corrected chi connectivity index (χ2v) is 8.71. The van der Waals surface area contributed by atoms with Crippen molar-refractivity contribution in [2.24, 2.45) is 5.41 Å². The van der Waals surface area contributed by atoms with E-state index in [1.165, 1.54) is 16.7 Å². The van der Waals surface area contributed by atoms with E-state index in [4.69, 9.17) is 0 Å². The number of carbonyl (C=O) groups is 1. The number of Topliss-reactive ketones (excluding diaryl/α,β-unsaturated/α-hetero) is 1. The van der Waals surface area contributed by atoms with Crippen molar-refractivity contribution in [3.05, 3.63) is 71.3 Å². The highest BCUT2D eigenvalue weighted by atomic mass is 16.1. The molecule has 2 atom stereocenters. The van der Waals surface area contributed by atoms with Crippen molar-refractivity contribution in [1.29, 1.82) is 0 Å². The predicted octanol–water partition coefficient (Wildman–Crippen LogP) is 0.318. The zero-order chi connectivity index (χ0) is 17.2. The third kappa shape index (κ3) is 2.03. The maximum absolute atomic E-state index is 13.5. The molecule has 3 heteroatoms. The highest BCUT2D eigenvalue weighted by Gasteiger charge is 2.70. The van der Waals surface area contributed by atoms with Crippen molar-refractivity contribution in [3.8, 4) is 0 Å². The van der Waals surface area contributed by atoms with E-state index in [2.05, 4.69) is 62.4 Å². The Morgan fingerprint density at radius 3 is 2.24 bits per heavy atom. The number of aryl methyl sites for hydroxylation is 1. The second kappa shape index (κ2) is 5.03. The molecule has 2 N–H and O–H groups in total. The summed E-state index contributed by atoms with van der Waals surface area (Å²) in [6.07, 6.45) is 0.470. The van der Waals surface area contributed by atoms with Gasteiger partial charge >= 0.3 is 0 Å². The van der Waals surface area contributed by atoms with Crippen LogP contribution >= 0.6 is 0 Å². The third-order valence-corrected chi connectivity index (χ3v) is 6.79. The Bertz CT molecular complexity index is 828. The number of quaternary nitrogens is 2. The molecule has 25 heavy (non-hydrogen) atoms. The SMILES string of the molecule is Cc1cccc(C2[NH+]3CC4(C)C[NH+]2CC(c2ccccc2)(C3)C4=O)c1. The number of ketones is 1. The van der Waals surface area contributed by atoms with Crippen LogP contribution in [-0.2, 0) is 10.2 Å². The minimum Gasteiger partial charge on any atom is -0.297 e. The molecule has 2 unspecified atom stereocenters. The van der Waals surface area contributed by atoms with Gasteiger partial charge in [0.05, 0.1) is 5.56 Å². The number of nitrogens with one attached hydrogen (secondary N) is 2.